The third kappa shape index (κ3) is 8.87. The normalized spacial score (nSPS) is 14.3. The van der Waals surface area contributed by atoms with Crippen LogP contribution >= 0.6 is 0 Å². The number of unbranched alkanes of at least 4 members (excludes halogenated alkanes) is 4. The van der Waals surface area contributed by atoms with Crippen molar-refractivity contribution in [1.29, 1.82) is 0 Å². The monoisotopic (exact) mass is 550 g/mol. The lowest BCUT2D eigenvalue weighted by Crippen LogP contribution is -2.14. The molecule has 0 aromatic heterocycles. The Balaban J connectivity index is 1.70. The average molecular weight is 551 g/mol. The van der Waals surface area contributed by atoms with Gasteiger partial charge in [-0.1, -0.05) is 162 Å². The van der Waals surface area contributed by atoms with Crippen LogP contribution in [0.25, 0.3) is 0 Å². The molecule has 0 fully saturated rings. The summed E-state index contributed by atoms with van der Waals surface area (Å²) in [5.74, 6) is 0. The summed E-state index contributed by atoms with van der Waals surface area (Å²) in [4.78, 5) is 0. The van der Waals surface area contributed by atoms with Gasteiger partial charge >= 0.3 is 0 Å². The Morgan fingerprint density at radius 3 is 1.22 bits per heavy atom. The standard InChI is InChI=1S/C38H46O3/c1-3-5-9-25-35(39)31-21-15-23-33(27-31)37(29-17-11-7-12-18-29)41-38(30-19-13-8-14-20-30)34-24-16-22-32(28-34)36(40)26-10-6-4-2/h7-8,11-24,27-28,35-40H,3-6,9-10,25-26H2,1-2H3. The lowest BCUT2D eigenvalue weighted by atomic mass is 9.94. The van der Waals surface area contributed by atoms with Crippen LogP contribution in [0, 0.1) is 0 Å². The highest BCUT2D eigenvalue weighted by molar-refractivity contribution is 5.37. The molecule has 0 spiro atoms. The first-order chi connectivity index (χ1) is 20.1. The molecule has 3 nitrogen and oxygen atoms in total. The Morgan fingerprint density at radius 2 is 0.829 bits per heavy atom. The van der Waals surface area contributed by atoms with Gasteiger partial charge < -0.3 is 14.9 Å². The van der Waals surface area contributed by atoms with Gasteiger partial charge in [-0.2, -0.15) is 0 Å². The van der Waals surface area contributed by atoms with Crippen molar-refractivity contribution in [1.82, 2.24) is 0 Å². The van der Waals surface area contributed by atoms with Crippen LogP contribution in [0.3, 0.4) is 0 Å². The van der Waals surface area contributed by atoms with Crippen molar-refractivity contribution in [3.05, 3.63) is 143 Å². The lowest BCUT2D eigenvalue weighted by molar-refractivity contribution is 0.0305. The van der Waals surface area contributed by atoms with Crippen LogP contribution in [0.4, 0.5) is 0 Å². The fourth-order valence-electron chi connectivity index (χ4n) is 5.46. The second-order valence-corrected chi connectivity index (χ2v) is 11.1. The van der Waals surface area contributed by atoms with E-state index in [9.17, 15) is 10.2 Å². The van der Waals surface area contributed by atoms with Crippen LogP contribution in [-0.4, -0.2) is 10.2 Å². The molecule has 216 valence electrons. The van der Waals surface area contributed by atoms with E-state index in [1.165, 1.54) is 0 Å². The van der Waals surface area contributed by atoms with E-state index in [0.29, 0.717) is 0 Å². The molecular formula is C38H46O3. The maximum absolute atomic E-state index is 11.0. The molecule has 0 aliphatic heterocycles. The Kier molecular flexibility index (Phi) is 12.2. The van der Waals surface area contributed by atoms with Gasteiger partial charge in [-0.05, 0) is 46.2 Å². The Labute approximate surface area is 246 Å². The zero-order chi connectivity index (χ0) is 28.9. The van der Waals surface area contributed by atoms with Gasteiger partial charge in [0, 0.05) is 0 Å². The first-order valence-electron chi connectivity index (χ1n) is 15.4. The largest absolute Gasteiger partial charge is 0.388 e. The maximum Gasteiger partial charge on any atom is 0.109 e. The van der Waals surface area contributed by atoms with E-state index in [2.05, 4.69) is 62.4 Å². The van der Waals surface area contributed by atoms with Crippen molar-refractivity contribution in [3.8, 4) is 0 Å². The quantitative estimate of drug-likeness (QED) is 0.137. The van der Waals surface area contributed by atoms with Crippen LogP contribution in [0.2, 0.25) is 0 Å². The summed E-state index contributed by atoms with van der Waals surface area (Å²) in [6.45, 7) is 4.36. The van der Waals surface area contributed by atoms with Crippen molar-refractivity contribution in [2.24, 2.45) is 0 Å². The van der Waals surface area contributed by atoms with Gasteiger partial charge in [0.2, 0.25) is 0 Å². The van der Waals surface area contributed by atoms with Crippen LogP contribution in [0.5, 0.6) is 0 Å². The third-order valence-corrected chi connectivity index (χ3v) is 7.84. The van der Waals surface area contributed by atoms with Crippen molar-refractivity contribution < 1.29 is 14.9 Å². The second kappa shape index (κ2) is 16.3. The summed E-state index contributed by atoms with van der Waals surface area (Å²) >= 11 is 0. The molecule has 4 aromatic carbocycles. The van der Waals surface area contributed by atoms with Crippen LogP contribution in [0.1, 0.15) is 123 Å². The Hall–Kier alpha value is -3.24. The molecule has 41 heavy (non-hydrogen) atoms. The van der Waals surface area contributed by atoms with E-state index in [-0.39, 0.29) is 12.2 Å². The van der Waals surface area contributed by atoms with E-state index in [1.54, 1.807) is 0 Å². The minimum Gasteiger partial charge on any atom is -0.388 e. The van der Waals surface area contributed by atoms with Crippen LogP contribution in [0.15, 0.2) is 109 Å². The molecule has 0 bridgehead atoms. The van der Waals surface area contributed by atoms with Gasteiger partial charge in [-0.25, -0.2) is 0 Å². The van der Waals surface area contributed by atoms with Gasteiger partial charge in [0.15, 0.2) is 0 Å². The molecule has 0 saturated heterocycles. The van der Waals surface area contributed by atoms with Crippen molar-refractivity contribution in [2.75, 3.05) is 0 Å². The van der Waals surface area contributed by atoms with Crippen LogP contribution in [-0.2, 0) is 4.74 Å². The number of aliphatic hydroxyl groups excluding tert-OH is 2. The van der Waals surface area contributed by atoms with Gasteiger partial charge in [-0.15, -0.1) is 0 Å². The number of benzene rings is 4. The molecule has 0 heterocycles. The van der Waals surface area contributed by atoms with E-state index in [4.69, 9.17) is 4.74 Å². The fourth-order valence-corrected chi connectivity index (χ4v) is 5.46. The number of aliphatic hydroxyl groups is 2. The predicted octanol–water partition coefficient (Wildman–Crippen LogP) is 9.81. The molecule has 0 amide bonds. The summed E-state index contributed by atoms with van der Waals surface area (Å²) in [6.07, 6.45) is 6.38. The predicted molar refractivity (Wildman–Crippen MR) is 169 cm³/mol. The minimum absolute atomic E-state index is 0.345. The molecule has 2 N–H and O–H groups in total. The Bertz CT molecular complexity index is 1190. The van der Waals surface area contributed by atoms with Gasteiger partial charge in [0.25, 0.3) is 0 Å². The first-order valence-corrected chi connectivity index (χ1v) is 15.4. The Morgan fingerprint density at radius 1 is 0.463 bits per heavy atom. The first kappa shape index (κ1) is 30.7. The van der Waals surface area contributed by atoms with Gasteiger partial charge in [0.1, 0.15) is 12.2 Å². The smallest absolute Gasteiger partial charge is 0.109 e. The maximum atomic E-state index is 11.0. The molecule has 0 aliphatic carbocycles. The highest BCUT2D eigenvalue weighted by atomic mass is 16.5. The number of ether oxygens (including phenoxy) is 1. The van der Waals surface area contributed by atoms with Crippen molar-refractivity contribution >= 4 is 0 Å². The van der Waals surface area contributed by atoms with E-state index >= 15 is 0 Å². The lowest BCUT2D eigenvalue weighted by Gasteiger charge is -2.28. The molecule has 4 aromatic rings. The summed E-state index contributed by atoms with van der Waals surface area (Å²) in [6, 6.07) is 37.1. The second-order valence-electron chi connectivity index (χ2n) is 11.1. The van der Waals surface area contributed by atoms with Gasteiger partial charge in [0.05, 0.1) is 12.2 Å². The summed E-state index contributed by atoms with van der Waals surface area (Å²) in [5, 5.41) is 21.9. The highest BCUT2D eigenvalue weighted by Crippen LogP contribution is 2.38. The number of hydrogen-bond donors (Lipinski definition) is 2. The molecule has 0 aliphatic rings. The molecule has 4 unspecified atom stereocenters. The van der Waals surface area contributed by atoms with E-state index in [1.807, 2.05) is 60.7 Å². The third-order valence-electron chi connectivity index (χ3n) is 7.84. The SMILES string of the molecule is CCCCCC(O)c1cccc(C(OC(c2ccccc2)c2cccc(C(O)CCCCC)c2)c2ccccc2)c1. The molecule has 4 atom stereocenters. The zero-order valence-corrected chi connectivity index (χ0v) is 24.7. The highest BCUT2D eigenvalue weighted by Gasteiger charge is 2.25. The van der Waals surface area contributed by atoms with E-state index < -0.39 is 12.2 Å². The number of hydrogen-bond acceptors (Lipinski definition) is 3. The van der Waals surface area contributed by atoms with E-state index in [0.717, 1.165) is 84.7 Å². The van der Waals surface area contributed by atoms with Crippen molar-refractivity contribution in [2.45, 2.75) is 89.6 Å². The molecular weight excluding hydrogens is 504 g/mol. The molecule has 0 radical (unpaired) electrons. The average Bonchev–Trinajstić information content (AvgIpc) is 3.02. The van der Waals surface area contributed by atoms with Crippen LogP contribution < -0.4 is 0 Å². The molecule has 3 heteroatoms. The summed E-state index contributed by atoms with van der Waals surface area (Å²) < 4.78 is 7.10. The summed E-state index contributed by atoms with van der Waals surface area (Å²) in [5.41, 5.74) is 6.00. The zero-order valence-electron chi connectivity index (χ0n) is 24.7. The molecule has 0 saturated carbocycles. The number of rotatable bonds is 16. The minimum atomic E-state index is -0.492. The van der Waals surface area contributed by atoms with Gasteiger partial charge in [-0.3, -0.25) is 0 Å². The summed E-state index contributed by atoms with van der Waals surface area (Å²) in [7, 11) is 0. The molecule has 4 rings (SSSR count). The van der Waals surface area contributed by atoms with Crippen molar-refractivity contribution in [3.63, 3.8) is 0 Å². The fraction of sp³-hybridized carbons (Fsp3) is 0.368. The topological polar surface area (TPSA) is 49.7 Å².